The first-order chi connectivity index (χ1) is 16.8. The summed E-state index contributed by atoms with van der Waals surface area (Å²) in [5.41, 5.74) is 3.81. The molecule has 0 atom stereocenters. The number of nitrogens with one attached hydrogen (secondary N) is 1. The molecule has 2 amide bonds. The minimum absolute atomic E-state index is 0.000711. The number of carbonyl (C=O) groups excluding carboxylic acids is 3. The van der Waals surface area contributed by atoms with Crippen molar-refractivity contribution in [3.63, 3.8) is 0 Å². The van der Waals surface area contributed by atoms with Crippen LogP contribution in [0, 0.1) is 19.3 Å². The van der Waals surface area contributed by atoms with Crippen molar-refractivity contribution >= 4 is 35.6 Å². The van der Waals surface area contributed by atoms with Gasteiger partial charge >= 0.3 is 0 Å². The van der Waals surface area contributed by atoms with Crippen molar-refractivity contribution in [2.75, 3.05) is 32.5 Å². The van der Waals surface area contributed by atoms with E-state index < -0.39 is 0 Å². The molecule has 0 aromatic carbocycles. The molecule has 1 saturated carbocycles. The predicted octanol–water partition coefficient (Wildman–Crippen LogP) is 3.24. The third kappa shape index (κ3) is 7.38. The number of pyridine rings is 1. The normalized spacial score (nSPS) is 15.8. The summed E-state index contributed by atoms with van der Waals surface area (Å²) in [6.07, 6.45) is 12.3. The topological polar surface area (TPSA) is 95.0 Å². The zero-order chi connectivity index (χ0) is 26.0. The van der Waals surface area contributed by atoms with Crippen LogP contribution in [0.15, 0.2) is 34.5 Å². The van der Waals surface area contributed by atoms with Crippen molar-refractivity contribution < 1.29 is 14.4 Å². The SMILES string of the molecule is C#CC.C/C=C(\C=NC)c1ccc(NC(=O)CN2CCCC(C=O)=C2C(=O)N(C)C2CC2)c(C)n1. The highest BCUT2D eigenvalue weighted by Gasteiger charge is 2.35. The molecule has 1 aliphatic carbocycles. The number of amides is 2. The number of hydrogen-bond acceptors (Lipinski definition) is 6. The van der Waals surface area contributed by atoms with Gasteiger partial charge in [0.25, 0.3) is 5.91 Å². The van der Waals surface area contributed by atoms with Crippen molar-refractivity contribution in [2.24, 2.45) is 4.99 Å². The Morgan fingerprint density at radius 1 is 1.37 bits per heavy atom. The van der Waals surface area contributed by atoms with Crippen LogP contribution in [0.5, 0.6) is 0 Å². The Morgan fingerprint density at radius 3 is 2.60 bits per heavy atom. The maximum absolute atomic E-state index is 13.0. The average Bonchev–Trinajstić information content (AvgIpc) is 3.69. The second-order valence-electron chi connectivity index (χ2n) is 8.46. The zero-order valence-electron chi connectivity index (χ0n) is 21.3. The molecule has 2 heterocycles. The van der Waals surface area contributed by atoms with E-state index in [4.69, 9.17) is 0 Å². The van der Waals surface area contributed by atoms with E-state index in [0.717, 1.165) is 36.8 Å². The fourth-order valence-corrected chi connectivity index (χ4v) is 3.88. The molecule has 1 N–H and O–H groups in total. The molecule has 0 spiro atoms. The van der Waals surface area contributed by atoms with Gasteiger partial charge in [-0.05, 0) is 58.6 Å². The van der Waals surface area contributed by atoms with Gasteiger partial charge in [0.1, 0.15) is 12.0 Å². The van der Waals surface area contributed by atoms with Gasteiger partial charge in [-0.1, -0.05) is 6.08 Å². The number of carbonyl (C=O) groups is 3. The van der Waals surface area contributed by atoms with Gasteiger partial charge in [0.15, 0.2) is 0 Å². The highest BCUT2D eigenvalue weighted by Crippen LogP contribution is 2.30. The molecule has 1 aliphatic heterocycles. The van der Waals surface area contributed by atoms with Crippen molar-refractivity contribution in [1.82, 2.24) is 14.8 Å². The number of terminal acetylenes is 1. The van der Waals surface area contributed by atoms with Crippen molar-refractivity contribution in [3.8, 4) is 12.3 Å². The van der Waals surface area contributed by atoms with Crippen LogP contribution in [-0.2, 0) is 14.4 Å². The van der Waals surface area contributed by atoms with Crippen LogP contribution < -0.4 is 5.32 Å². The molecule has 3 rings (SSSR count). The molecule has 35 heavy (non-hydrogen) atoms. The quantitative estimate of drug-likeness (QED) is 0.352. The number of hydrogen-bond donors (Lipinski definition) is 1. The Balaban J connectivity index is 0.00000137. The van der Waals surface area contributed by atoms with E-state index in [1.54, 1.807) is 37.0 Å². The van der Waals surface area contributed by atoms with Crippen LogP contribution in [0.4, 0.5) is 5.69 Å². The molecule has 186 valence electrons. The first kappa shape index (κ1) is 27.5. The molecule has 8 heteroatoms. The lowest BCUT2D eigenvalue weighted by Crippen LogP contribution is -2.43. The van der Waals surface area contributed by atoms with Crippen molar-refractivity contribution in [1.29, 1.82) is 0 Å². The number of rotatable bonds is 8. The lowest BCUT2D eigenvalue weighted by atomic mass is 10.0. The third-order valence-corrected chi connectivity index (χ3v) is 5.82. The van der Waals surface area contributed by atoms with Gasteiger partial charge in [-0.2, -0.15) is 0 Å². The largest absolute Gasteiger partial charge is 0.357 e. The summed E-state index contributed by atoms with van der Waals surface area (Å²) in [4.78, 5) is 49.6. The van der Waals surface area contributed by atoms with Gasteiger partial charge in [-0.3, -0.25) is 24.4 Å². The number of aldehydes is 1. The Labute approximate surface area is 208 Å². The molecule has 1 fully saturated rings. The van der Waals surface area contributed by atoms with Gasteiger partial charge in [0.05, 0.1) is 23.6 Å². The van der Waals surface area contributed by atoms with E-state index in [9.17, 15) is 14.4 Å². The summed E-state index contributed by atoms with van der Waals surface area (Å²) in [5.74, 6) is 1.82. The molecular formula is C27H35N5O3. The van der Waals surface area contributed by atoms with Crippen LogP contribution in [0.3, 0.4) is 0 Å². The van der Waals surface area contributed by atoms with E-state index in [0.29, 0.717) is 35.6 Å². The molecule has 2 aliphatic rings. The average molecular weight is 478 g/mol. The Hall–Kier alpha value is -3.73. The Morgan fingerprint density at radius 2 is 2.06 bits per heavy atom. The minimum Gasteiger partial charge on any atom is -0.357 e. The number of aryl methyl sites for hydroxylation is 1. The molecular weight excluding hydrogens is 442 g/mol. The van der Waals surface area contributed by atoms with Crippen LogP contribution in [-0.4, -0.2) is 72.3 Å². The number of likely N-dealkylation sites (N-methyl/N-ethyl adjacent to an activating group) is 1. The van der Waals surface area contributed by atoms with Gasteiger partial charge < -0.3 is 15.1 Å². The summed E-state index contributed by atoms with van der Waals surface area (Å²) in [5, 5.41) is 2.90. The smallest absolute Gasteiger partial charge is 0.270 e. The summed E-state index contributed by atoms with van der Waals surface area (Å²) >= 11 is 0. The fraction of sp³-hybridized carbons (Fsp3) is 0.444. The minimum atomic E-state index is -0.254. The van der Waals surface area contributed by atoms with E-state index in [2.05, 4.69) is 27.6 Å². The van der Waals surface area contributed by atoms with Gasteiger partial charge in [-0.25, -0.2) is 0 Å². The van der Waals surface area contributed by atoms with Gasteiger partial charge in [0, 0.05) is 44.0 Å². The first-order valence-electron chi connectivity index (χ1n) is 11.7. The Kier molecular flexibility index (Phi) is 10.4. The third-order valence-electron chi connectivity index (χ3n) is 5.82. The molecule has 0 bridgehead atoms. The van der Waals surface area contributed by atoms with Crippen LogP contribution >= 0.6 is 0 Å². The second kappa shape index (κ2) is 13.2. The first-order valence-corrected chi connectivity index (χ1v) is 11.7. The van der Waals surface area contributed by atoms with E-state index >= 15 is 0 Å². The highest BCUT2D eigenvalue weighted by atomic mass is 16.2. The van der Waals surface area contributed by atoms with Gasteiger partial charge in [0.2, 0.25) is 5.91 Å². The summed E-state index contributed by atoms with van der Waals surface area (Å²) in [6, 6.07) is 3.88. The lowest BCUT2D eigenvalue weighted by Gasteiger charge is -2.33. The summed E-state index contributed by atoms with van der Waals surface area (Å²) in [7, 11) is 3.47. The number of nitrogens with zero attached hydrogens (tertiary/aromatic N) is 4. The predicted molar refractivity (Wildman–Crippen MR) is 140 cm³/mol. The number of aromatic nitrogens is 1. The maximum Gasteiger partial charge on any atom is 0.270 e. The summed E-state index contributed by atoms with van der Waals surface area (Å²) < 4.78 is 0. The summed E-state index contributed by atoms with van der Waals surface area (Å²) in [6.45, 7) is 5.96. The number of anilines is 1. The van der Waals surface area contributed by atoms with E-state index in [1.807, 2.05) is 32.1 Å². The monoisotopic (exact) mass is 477 g/mol. The molecule has 1 aromatic heterocycles. The number of allylic oxidation sites excluding steroid dienone is 3. The molecule has 0 saturated heterocycles. The highest BCUT2D eigenvalue weighted by molar-refractivity contribution is 6.09. The molecule has 0 radical (unpaired) electrons. The fourth-order valence-electron chi connectivity index (χ4n) is 3.88. The van der Waals surface area contributed by atoms with Crippen molar-refractivity contribution in [3.05, 3.63) is 40.9 Å². The lowest BCUT2D eigenvalue weighted by molar-refractivity contribution is -0.129. The standard InChI is InChI=1S/C24H31N5O3.C3H4/c1-5-17(13-25-3)21-11-10-20(16(2)26-21)27-22(31)14-29-12-6-7-18(15-30)23(29)24(32)28(4)19-8-9-19;1-3-2/h5,10-11,13,15,19H,6-9,12,14H2,1-4H3,(H,27,31);1H,2H3/b17-5+,25-13?;. The molecule has 0 unspecified atom stereocenters. The van der Waals surface area contributed by atoms with E-state index in [-0.39, 0.29) is 24.4 Å². The second-order valence-corrected chi connectivity index (χ2v) is 8.46. The number of aliphatic imine (C=N–C) groups is 1. The van der Waals surface area contributed by atoms with Gasteiger partial charge in [-0.15, -0.1) is 12.3 Å². The molecule has 8 nitrogen and oxygen atoms in total. The molecule has 1 aromatic rings. The van der Waals surface area contributed by atoms with Crippen LogP contribution in [0.2, 0.25) is 0 Å². The zero-order valence-corrected chi connectivity index (χ0v) is 21.3. The van der Waals surface area contributed by atoms with Crippen molar-refractivity contribution in [2.45, 2.75) is 52.5 Å². The maximum atomic E-state index is 13.0. The van der Waals surface area contributed by atoms with E-state index in [1.165, 1.54) is 0 Å². The van der Waals surface area contributed by atoms with Crippen LogP contribution in [0.25, 0.3) is 5.57 Å². The van der Waals surface area contributed by atoms with Crippen LogP contribution in [0.1, 0.15) is 50.9 Å². The Bertz CT molecular complexity index is 1080.